The fraction of sp³-hybridized carbons (Fsp3) is 0.593. The van der Waals surface area contributed by atoms with Crippen LogP contribution < -0.4 is 4.74 Å². The zero-order valence-corrected chi connectivity index (χ0v) is 19.4. The Labute approximate surface area is 199 Å². The summed E-state index contributed by atoms with van der Waals surface area (Å²) in [5.41, 5.74) is 1.08. The number of rotatable bonds is 9. The van der Waals surface area contributed by atoms with Gasteiger partial charge in [0.1, 0.15) is 11.8 Å². The van der Waals surface area contributed by atoms with Crippen molar-refractivity contribution in [2.24, 2.45) is 11.8 Å². The van der Waals surface area contributed by atoms with E-state index in [1.165, 1.54) is 24.3 Å². The fourth-order valence-electron chi connectivity index (χ4n) is 5.08. The third-order valence-corrected chi connectivity index (χ3v) is 7.02. The van der Waals surface area contributed by atoms with Gasteiger partial charge in [-0.3, -0.25) is 0 Å². The van der Waals surface area contributed by atoms with E-state index in [1.807, 2.05) is 6.08 Å². The lowest BCUT2D eigenvalue weighted by molar-refractivity contribution is -0.274. The average molecular weight is 480 g/mol. The van der Waals surface area contributed by atoms with Crippen LogP contribution in [0, 0.1) is 23.2 Å². The van der Waals surface area contributed by atoms with Crippen LogP contribution in [0.3, 0.4) is 0 Å². The van der Waals surface area contributed by atoms with Gasteiger partial charge in [-0.25, -0.2) is 0 Å². The summed E-state index contributed by atoms with van der Waals surface area (Å²) < 4.78 is 59.9. The predicted molar refractivity (Wildman–Crippen MR) is 123 cm³/mol. The largest absolute Gasteiger partial charge is 0.573 e. The normalized spacial score (nSPS) is 26.4. The van der Waals surface area contributed by atoms with E-state index in [0.29, 0.717) is 23.9 Å². The Morgan fingerprint density at radius 1 is 0.971 bits per heavy atom. The van der Waals surface area contributed by atoms with Crippen molar-refractivity contribution in [2.75, 3.05) is 6.61 Å². The number of allylic oxidation sites excluding steroid dienone is 4. The van der Waals surface area contributed by atoms with Crippen molar-refractivity contribution in [1.82, 2.24) is 0 Å². The van der Waals surface area contributed by atoms with Gasteiger partial charge in [0.25, 0.3) is 0 Å². The van der Waals surface area contributed by atoms with Gasteiger partial charge in [0.15, 0.2) is 5.83 Å². The van der Waals surface area contributed by atoms with Crippen molar-refractivity contribution in [3.05, 3.63) is 53.9 Å². The molecule has 34 heavy (non-hydrogen) atoms. The number of hydrogen-bond donors (Lipinski definition) is 0. The van der Waals surface area contributed by atoms with Gasteiger partial charge in [0, 0.05) is 6.61 Å². The molecule has 0 unspecified atom stereocenters. The molecule has 3 nitrogen and oxygen atoms in total. The second kappa shape index (κ2) is 12.9. The molecular formula is C27H33F4NO2. The molecule has 0 radical (unpaired) electrons. The molecule has 2 saturated carbocycles. The molecule has 0 spiro atoms. The van der Waals surface area contributed by atoms with Crippen molar-refractivity contribution < 1.29 is 27.0 Å². The number of nitrogens with zero attached hydrogens (tertiary/aromatic N) is 1. The number of ether oxygens (including phenoxy) is 2. The Kier molecular flexibility index (Phi) is 10.0. The summed E-state index contributed by atoms with van der Waals surface area (Å²) in [5, 5.41) is 8.37. The summed E-state index contributed by atoms with van der Waals surface area (Å²) in [4.78, 5) is 0. The van der Waals surface area contributed by atoms with Crippen LogP contribution in [0.15, 0.2) is 48.3 Å². The summed E-state index contributed by atoms with van der Waals surface area (Å²) in [7, 11) is 0. The van der Waals surface area contributed by atoms with Crippen LogP contribution in [-0.4, -0.2) is 19.1 Å². The topological polar surface area (TPSA) is 42.2 Å². The third kappa shape index (κ3) is 9.13. The van der Waals surface area contributed by atoms with Crippen molar-refractivity contribution in [2.45, 2.75) is 82.6 Å². The first-order valence-corrected chi connectivity index (χ1v) is 12.2. The van der Waals surface area contributed by atoms with Crippen molar-refractivity contribution in [3.63, 3.8) is 0 Å². The van der Waals surface area contributed by atoms with Gasteiger partial charge < -0.3 is 9.47 Å². The molecule has 0 aromatic heterocycles. The van der Waals surface area contributed by atoms with Crippen LogP contribution in [-0.2, 0) is 4.74 Å². The molecule has 7 heteroatoms. The zero-order valence-electron chi connectivity index (χ0n) is 19.4. The van der Waals surface area contributed by atoms with E-state index in [2.05, 4.69) is 4.74 Å². The Morgan fingerprint density at radius 2 is 1.62 bits per heavy atom. The first kappa shape index (κ1) is 26.3. The Hall–Kier alpha value is -2.33. The number of halogens is 4. The molecule has 0 saturated heterocycles. The molecule has 186 valence electrons. The number of benzene rings is 1. The molecule has 3 rings (SSSR count). The van der Waals surface area contributed by atoms with Gasteiger partial charge in [-0.1, -0.05) is 24.3 Å². The second-order valence-electron chi connectivity index (χ2n) is 9.44. The minimum Gasteiger partial charge on any atom is -0.406 e. The van der Waals surface area contributed by atoms with E-state index in [4.69, 9.17) is 10.00 Å². The standard InChI is InChI=1S/C27H33F4NO2/c28-24(18-32)5-3-1-2-4-20-8-14-25(15-9-20)33-19-21-6-10-22(11-7-21)23-12-16-26(17-13-23)34-27(29,30)31/h1,3,5,12-13,16-17,20-22,25H,2,4,6-11,14-15,19H2/t20-,21-,22-,25-. The van der Waals surface area contributed by atoms with Gasteiger partial charge in [0.05, 0.1) is 6.10 Å². The first-order valence-electron chi connectivity index (χ1n) is 12.2. The summed E-state index contributed by atoms with van der Waals surface area (Å²) >= 11 is 0. The Bertz CT molecular complexity index is 841. The SMILES string of the molecule is N#CC(F)=CC=CCC[C@H]1CC[C@H](OC[C@H]2CC[C@H](c3ccc(OC(F)(F)F)cc3)CC2)CC1. The maximum Gasteiger partial charge on any atom is 0.573 e. The highest BCUT2D eigenvalue weighted by atomic mass is 19.4. The summed E-state index contributed by atoms with van der Waals surface area (Å²) in [6.07, 6.45) is 11.1. The van der Waals surface area contributed by atoms with E-state index in [1.54, 1.807) is 18.2 Å². The van der Waals surface area contributed by atoms with Gasteiger partial charge in [0.2, 0.25) is 0 Å². The van der Waals surface area contributed by atoms with Crippen LogP contribution in [0.4, 0.5) is 17.6 Å². The highest BCUT2D eigenvalue weighted by molar-refractivity contribution is 5.29. The molecule has 2 aliphatic carbocycles. The minimum atomic E-state index is -4.66. The van der Waals surface area contributed by atoms with Crippen LogP contribution in [0.1, 0.15) is 75.7 Å². The Balaban J connectivity index is 1.29. The van der Waals surface area contributed by atoms with Crippen LogP contribution in [0.5, 0.6) is 5.75 Å². The Morgan fingerprint density at radius 3 is 2.24 bits per heavy atom. The van der Waals surface area contributed by atoms with Gasteiger partial charge in [-0.05, 0) is 106 Å². The number of alkyl halides is 3. The minimum absolute atomic E-state index is 0.173. The molecule has 1 aromatic rings. The molecular weight excluding hydrogens is 446 g/mol. The summed E-state index contributed by atoms with van der Waals surface area (Å²) in [5.74, 6) is 0.669. The highest BCUT2D eigenvalue weighted by Gasteiger charge is 2.31. The summed E-state index contributed by atoms with van der Waals surface area (Å²) in [6.45, 7) is 0.792. The maximum absolute atomic E-state index is 12.7. The molecule has 2 aliphatic rings. The third-order valence-electron chi connectivity index (χ3n) is 7.02. The molecule has 0 amide bonds. The lowest BCUT2D eigenvalue weighted by atomic mass is 9.79. The maximum atomic E-state index is 12.7. The molecule has 0 atom stereocenters. The van der Waals surface area contributed by atoms with Crippen molar-refractivity contribution >= 4 is 0 Å². The van der Waals surface area contributed by atoms with Gasteiger partial charge in [-0.15, -0.1) is 13.2 Å². The van der Waals surface area contributed by atoms with E-state index >= 15 is 0 Å². The highest BCUT2D eigenvalue weighted by Crippen LogP contribution is 2.37. The lowest BCUT2D eigenvalue weighted by Gasteiger charge is -2.32. The van der Waals surface area contributed by atoms with E-state index in [-0.39, 0.29) is 5.75 Å². The van der Waals surface area contributed by atoms with E-state index in [0.717, 1.165) is 76.4 Å². The smallest absolute Gasteiger partial charge is 0.406 e. The second-order valence-corrected chi connectivity index (χ2v) is 9.44. The molecule has 2 fully saturated rings. The van der Waals surface area contributed by atoms with Crippen molar-refractivity contribution in [3.8, 4) is 11.8 Å². The lowest BCUT2D eigenvalue weighted by Crippen LogP contribution is -2.25. The number of hydrogen-bond acceptors (Lipinski definition) is 3. The van der Waals surface area contributed by atoms with Gasteiger partial charge in [-0.2, -0.15) is 9.65 Å². The number of nitriles is 1. The van der Waals surface area contributed by atoms with Crippen LogP contribution in [0.25, 0.3) is 0 Å². The fourth-order valence-corrected chi connectivity index (χ4v) is 5.08. The first-order chi connectivity index (χ1) is 16.3. The monoisotopic (exact) mass is 479 g/mol. The van der Waals surface area contributed by atoms with Gasteiger partial charge >= 0.3 is 6.36 Å². The molecule has 0 bridgehead atoms. The quantitative estimate of drug-likeness (QED) is 0.204. The van der Waals surface area contributed by atoms with Crippen molar-refractivity contribution in [1.29, 1.82) is 5.26 Å². The molecule has 0 heterocycles. The molecule has 1 aromatic carbocycles. The average Bonchev–Trinajstić information content (AvgIpc) is 2.83. The van der Waals surface area contributed by atoms with E-state index < -0.39 is 12.2 Å². The zero-order chi connectivity index (χ0) is 24.4. The van der Waals surface area contributed by atoms with E-state index in [9.17, 15) is 17.6 Å². The molecule has 0 N–H and O–H groups in total. The molecule has 0 aliphatic heterocycles. The predicted octanol–water partition coefficient (Wildman–Crippen LogP) is 8.15. The van der Waals surface area contributed by atoms with Crippen LogP contribution in [0.2, 0.25) is 0 Å². The van der Waals surface area contributed by atoms with Crippen LogP contribution >= 0.6 is 0 Å². The summed E-state index contributed by atoms with van der Waals surface area (Å²) in [6, 6.07) is 7.75.